The number of carbonyl (C=O) groups excluding carboxylic acids is 1. The van der Waals surface area contributed by atoms with Gasteiger partial charge in [0, 0.05) is 6.42 Å². The van der Waals surface area contributed by atoms with Crippen LogP contribution in [-0.2, 0) is 19.4 Å². The number of carbonyl (C=O) groups is 1. The van der Waals surface area contributed by atoms with Crippen LogP contribution in [0.25, 0.3) is 0 Å². The van der Waals surface area contributed by atoms with E-state index in [9.17, 15) is 17.8 Å². The minimum Gasteiger partial charge on any atom is -0.726 e. The SMILES string of the molecule is CCC/C(=C(/C)C(N)=O)[N+](C)(C)C.COS(=O)(=O)[O-]. The molecule has 0 aromatic carbocycles. The lowest BCUT2D eigenvalue weighted by molar-refractivity contribution is -0.833. The lowest BCUT2D eigenvalue weighted by Crippen LogP contribution is -2.36. The third-order valence-electron chi connectivity index (χ3n) is 2.30. The van der Waals surface area contributed by atoms with Gasteiger partial charge in [-0.1, -0.05) is 6.92 Å². The van der Waals surface area contributed by atoms with Crippen LogP contribution in [0, 0.1) is 0 Å². The summed E-state index contributed by atoms with van der Waals surface area (Å²) in [7, 11) is 2.55. The van der Waals surface area contributed by atoms with Crippen molar-refractivity contribution in [3.05, 3.63) is 11.3 Å². The molecule has 0 aliphatic carbocycles. The number of nitrogens with two attached hydrogens (primary N) is 1. The highest BCUT2D eigenvalue weighted by atomic mass is 32.3. The van der Waals surface area contributed by atoms with Crippen molar-refractivity contribution in [1.29, 1.82) is 0 Å². The minimum absolute atomic E-state index is 0.309. The monoisotopic (exact) mass is 296 g/mol. The first-order valence-electron chi connectivity index (χ1n) is 5.69. The molecule has 114 valence electrons. The molecule has 0 unspecified atom stereocenters. The van der Waals surface area contributed by atoms with Gasteiger partial charge in [0.05, 0.1) is 33.8 Å². The number of primary amides is 1. The molecule has 0 aliphatic rings. The summed E-state index contributed by atoms with van der Waals surface area (Å²) in [5.41, 5.74) is 7.08. The molecule has 0 saturated heterocycles. The lowest BCUT2D eigenvalue weighted by atomic mass is 10.1. The summed E-state index contributed by atoms with van der Waals surface area (Å²) in [5.74, 6) is -0.309. The Bertz CT molecular complexity index is 421. The molecule has 8 heteroatoms. The van der Waals surface area contributed by atoms with E-state index in [4.69, 9.17) is 5.73 Å². The van der Waals surface area contributed by atoms with Gasteiger partial charge in [0.2, 0.25) is 16.3 Å². The van der Waals surface area contributed by atoms with Crippen molar-refractivity contribution in [3.63, 3.8) is 0 Å². The number of amides is 1. The standard InChI is InChI=1S/C10H20N2O.CH4O4S/c1-6-7-9(12(3,4)5)8(2)10(11)13;1-5-6(2,3)4/h6-7H2,1-5H3,(H-,11,13);1H3,(H,2,3,4)/b9-8+;. The Morgan fingerprint density at radius 2 is 1.68 bits per heavy atom. The molecular formula is C11H24N2O5S. The van der Waals surface area contributed by atoms with Gasteiger partial charge in [-0.05, 0) is 13.3 Å². The van der Waals surface area contributed by atoms with Crippen LogP contribution in [0.4, 0.5) is 0 Å². The van der Waals surface area contributed by atoms with Gasteiger partial charge in [0.25, 0.3) is 0 Å². The second-order valence-electron chi connectivity index (χ2n) is 4.77. The van der Waals surface area contributed by atoms with E-state index in [1.165, 1.54) is 0 Å². The molecule has 0 bridgehead atoms. The first-order valence-corrected chi connectivity index (χ1v) is 7.03. The van der Waals surface area contributed by atoms with Crippen molar-refractivity contribution in [1.82, 2.24) is 0 Å². The fraction of sp³-hybridized carbons (Fsp3) is 0.727. The van der Waals surface area contributed by atoms with Crippen molar-refractivity contribution in [2.24, 2.45) is 5.73 Å². The number of quaternary nitrogens is 1. The van der Waals surface area contributed by atoms with E-state index in [0.717, 1.165) is 25.6 Å². The molecule has 0 spiro atoms. The summed E-state index contributed by atoms with van der Waals surface area (Å²) < 4.78 is 31.7. The Labute approximate surface area is 115 Å². The van der Waals surface area contributed by atoms with Crippen molar-refractivity contribution in [3.8, 4) is 0 Å². The summed E-state index contributed by atoms with van der Waals surface area (Å²) in [6.07, 6.45) is 1.97. The molecule has 7 nitrogen and oxygen atoms in total. The molecule has 1 amide bonds. The molecular weight excluding hydrogens is 272 g/mol. The fourth-order valence-corrected chi connectivity index (χ4v) is 1.41. The third-order valence-corrected chi connectivity index (χ3v) is 2.71. The molecule has 0 aliphatic heterocycles. The van der Waals surface area contributed by atoms with Crippen LogP contribution >= 0.6 is 0 Å². The van der Waals surface area contributed by atoms with Gasteiger partial charge < -0.3 is 14.8 Å². The quantitative estimate of drug-likeness (QED) is 0.340. The van der Waals surface area contributed by atoms with Crippen LogP contribution in [0.5, 0.6) is 0 Å². The maximum Gasteiger partial charge on any atom is 0.249 e. The smallest absolute Gasteiger partial charge is 0.249 e. The molecule has 0 fully saturated rings. The average Bonchev–Trinajstić information content (AvgIpc) is 2.23. The Balaban J connectivity index is 0. The summed E-state index contributed by atoms with van der Waals surface area (Å²) in [5, 5.41) is 0. The zero-order valence-corrected chi connectivity index (χ0v) is 13.2. The number of rotatable bonds is 5. The van der Waals surface area contributed by atoms with Crippen LogP contribution in [0.1, 0.15) is 26.7 Å². The predicted molar refractivity (Wildman–Crippen MR) is 71.5 cm³/mol. The molecule has 0 heterocycles. The maximum atomic E-state index is 11.0. The van der Waals surface area contributed by atoms with Crippen LogP contribution in [0.15, 0.2) is 11.3 Å². The fourth-order valence-electron chi connectivity index (χ4n) is 1.41. The Hall–Kier alpha value is -0.960. The highest BCUT2D eigenvalue weighted by Crippen LogP contribution is 2.18. The van der Waals surface area contributed by atoms with E-state index in [1.807, 2.05) is 0 Å². The maximum absolute atomic E-state index is 11.0. The Morgan fingerprint density at radius 3 is 1.84 bits per heavy atom. The molecule has 0 aromatic rings. The number of hydrogen-bond acceptors (Lipinski definition) is 5. The molecule has 0 rings (SSSR count). The minimum atomic E-state index is -4.41. The summed E-state index contributed by atoms with van der Waals surface area (Å²) >= 11 is 0. The van der Waals surface area contributed by atoms with E-state index in [2.05, 4.69) is 32.2 Å². The van der Waals surface area contributed by atoms with Crippen LogP contribution in [0.2, 0.25) is 0 Å². The Kier molecular flexibility index (Phi) is 8.85. The Morgan fingerprint density at radius 1 is 1.32 bits per heavy atom. The van der Waals surface area contributed by atoms with Crippen molar-refractivity contribution in [2.45, 2.75) is 26.7 Å². The predicted octanol–water partition coefficient (Wildman–Crippen LogP) is 0.345. The normalized spacial score (nSPS) is 13.2. The van der Waals surface area contributed by atoms with Crippen LogP contribution < -0.4 is 5.73 Å². The van der Waals surface area contributed by atoms with Crippen molar-refractivity contribution < 1.29 is 26.4 Å². The van der Waals surface area contributed by atoms with Gasteiger partial charge in [-0.2, -0.15) is 0 Å². The van der Waals surface area contributed by atoms with Gasteiger partial charge in [0.15, 0.2) is 0 Å². The molecule has 19 heavy (non-hydrogen) atoms. The highest BCUT2D eigenvalue weighted by Gasteiger charge is 2.20. The third kappa shape index (κ3) is 10.6. The van der Waals surface area contributed by atoms with Crippen LogP contribution in [-0.4, -0.2) is 51.6 Å². The van der Waals surface area contributed by atoms with E-state index < -0.39 is 10.4 Å². The van der Waals surface area contributed by atoms with Gasteiger partial charge in [-0.3, -0.25) is 8.98 Å². The molecule has 0 aromatic heterocycles. The second kappa shape index (κ2) is 8.26. The number of nitrogens with zero attached hydrogens (tertiary/aromatic N) is 1. The number of allylic oxidation sites excluding steroid dienone is 1. The molecule has 0 atom stereocenters. The average molecular weight is 296 g/mol. The van der Waals surface area contributed by atoms with Crippen molar-refractivity contribution in [2.75, 3.05) is 28.3 Å². The summed E-state index contributed by atoms with van der Waals surface area (Å²) in [6.45, 7) is 3.90. The number of hydrogen-bond donors (Lipinski definition) is 1. The largest absolute Gasteiger partial charge is 0.726 e. The summed E-state index contributed by atoms with van der Waals surface area (Å²) in [6, 6.07) is 0. The molecule has 0 radical (unpaired) electrons. The van der Waals surface area contributed by atoms with Crippen molar-refractivity contribution >= 4 is 16.3 Å². The van der Waals surface area contributed by atoms with E-state index in [-0.39, 0.29) is 5.91 Å². The van der Waals surface area contributed by atoms with E-state index >= 15 is 0 Å². The molecule has 0 saturated carbocycles. The van der Waals surface area contributed by atoms with Gasteiger partial charge in [-0.25, -0.2) is 8.42 Å². The zero-order valence-electron chi connectivity index (χ0n) is 12.4. The highest BCUT2D eigenvalue weighted by molar-refractivity contribution is 7.80. The van der Waals surface area contributed by atoms with Gasteiger partial charge in [0.1, 0.15) is 5.70 Å². The van der Waals surface area contributed by atoms with Gasteiger partial charge >= 0.3 is 0 Å². The van der Waals surface area contributed by atoms with Gasteiger partial charge in [-0.15, -0.1) is 0 Å². The lowest BCUT2D eigenvalue weighted by Gasteiger charge is -2.27. The second-order valence-corrected chi connectivity index (χ2v) is 5.92. The topological polar surface area (TPSA) is 110 Å². The molecule has 2 N–H and O–H groups in total. The first kappa shape index (κ1) is 20.4. The van der Waals surface area contributed by atoms with Crippen LogP contribution in [0.3, 0.4) is 0 Å². The summed E-state index contributed by atoms with van der Waals surface area (Å²) in [4.78, 5) is 11.0. The van der Waals surface area contributed by atoms with E-state index in [1.54, 1.807) is 6.92 Å². The van der Waals surface area contributed by atoms with E-state index in [0.29, 0.717) is 10.1 Å². The zero-order chi connectivity index (χ0) is 15.9. The first-order chi connectivity index (χ1) is 8.36.